The highest BCUT2D eigenvalue weighted by atomic mass is 16.1. The quantitative estimate of drug-likeness (QED) is 0.625. The van der Waals surface area contributed by atoms with Crippen molar-refractivity contribution in [2.24, 2.45) is 0 Å². The molecule has 1 atom stereocenters. The summed E-state index contributed by atoms with van der Waals surface area (Å²) >= 11 is 0. The van der Waals surface area contributed by atoms with Gasteiger partial charge in [-0.2, -0.15) is 0 Å². The van der Waals surface area contributed by atoms with Crippen molar-refractivity contribution in [1.82, 2.24) is 10.6 Å². The first kappa shape index (κ1) is 14.3. The molecule has 3 heteroatoms. The molecule has 2 aromatic rings. The van der Waals surface area contributed by atoms with Gasteiger partial charge in [0, 0.05) is 6.54 Å². The smallest absolute Gasteiger partial charge is 0.234 e. The molecule has 0 aliphatic carbocycles. The normalized spacial score (nSPS) is 12.1. The number of benzene rings is 2. The molecule has 0 spiro atoms. The standard InChI is InChI=1S/C17H20N2O/c1-3-11-18-12-17(20)19-13(2)15-10-6-8-14-7-4-5-9-16(14)15/h3-10,13,18H,1,11-12H2,2H3,(H,19,20). The lowest BCUT2D eigenvalue weighted by Crippen LogP contribution is -2.35. The molecular formula is C17H20N2O. The van der Waals surface area contributed by atoms with Crippen LogP contribution in [0.1, 0.15) is 18.5 Å². The highest BCUT2D eigenvalue weighted by molar-refractivity contribution is 5.87. The maximum Gasteiger partial charge on any atom is 0.234 e. The summed E-state index contributed by atoms with van der Waals surface area (Å²) in [6, 6.07) is 14.4. The SMILES string of the molecule is C=CCNCC(=O)NC(C)c1cccc2ccccc12. The molecule has 0 radical (unpaired) electrons. The molecule has 0 aliphatic rings. The van der Waals surface area contributed by atoms with E-state index in [1.807, 2.05) is 25.1 Å². The summed E-state index contributed by atoms with van der Waals surface area (Å²) in [6.07, 6.45) is 1.74. The van der Waals surface area contributed by atoms with Crippen LogP contribution in [0.25, 0.3) is 10.8 Å². The summed E-state index contributed by atoms with van der Waals surface area (Å²) < 4.78 is 0. The van der Waals surface area contributed by atoms with Crippen molar-refractivity contribution in [3.05, 3.63) is 60.7 Å². The highest BCUT2D eigenvalue weighted by Crippen LogP contribution is 2.23. The van der Waals surface area contributed by atoms with Gasteiger partial charge in [0.1, 0.15) is 0 Å². The highest BCUT2D eigenvalue weighted by Gasteiger charge is 2.11. The largest absolute Gasteiger partial charge is 0.348 e. The number of nitrogens with one attached hydrogen (secondary N) is 2. The Morgan fingerprint density at radius 2 is 2.00 bits per heavy atom. The molecule has 20 heavy (non-hydrogen) atoms. The summed E-state index contributed by atoms with van der Waals surface area (Å²) in [7, 11) is 0. The Morgan fingerprint density at radius 3 is 2.80 bits per heavy atom. The van der Waals surface area contributed by atoms with Crippen LogP contribution in [0.4, 0.5) is 0 Å². The zero-order valence-electron chi connectivity index (χ0n) is 11.7. The van der Waals surface area contributed by atoms with Gasteiger partial charge in [-0.1, -0.05) is 48.5 Å². The van der Waals surface area contributed by atoms with Crippen molar-refractivity contribution < 1.29 is 4.79 Å². The first-order chi connectivity index (χ1) is 9.72. The third kappa shape index (κ3) is 3.45. The minimum atomic E-state index is -0.0147. The first-order valence-electron chi connectivity index (χ1n) is 6.81. The van der Waals surface area contributed by atoms with E-state index in [2.05, 4.69) is 41.5 Å². The fourth-order valence-electron chi connectivity index (χ4n) is 2.29. The molecule has 0 aromatic heterocycles. The molecular weight excluding hydrogens is 248 g/mol. The van der Waals surface area contributed by atoms with Gasteiger partial charge >= 0.3 is 0 Å². The molecule has 0 bridgehead atoms. The van der Waals surface area contributed by atoms with Gasteiger partial charge in [-0.15, -0.1) is 6.58 Å². The predicted octanol–water partition coefficient (Wildman–Crippen LogP) is 2.79. The van der Waals surface area contributed by atoms with E-state index >= 15 is 0 Å². The second-order valence-corrected chi connectivity index (χ2v) is 4.78. The monoisotopic (exact) mass is 268 g/mol. The van der Waals surface area contributed by atoms with Gasteiger partial charge < -0.3 is 10.6 Å². The van der Waals surface area contributed by atoms with E-state index in [9.17, 15) is 4.79 Å². The summed E-state index contributed by atoms with van der Waals surface area (Å²) in [4.78, 5) is 11.8. The Morgan fingerprint density at radius 1 is 1.25 bits per heavy atom. The summed E-state index contributed by atoms with van der Waals surface area (Å²) in [5.41, 5.74) is 1.14. The zero-order valence-corrected chi connectivity index (χ0v) is 11.7. The van der Waals surface area contributed by atoms with Crippen LogP contribution in [0, 0.1) is 0 Å². The number of fused-ring (bicyclic) bond motifs is 1. The van der Waals surface area contributed by atoms with Crippen molar-refractivity contribution in [2.75, 3.05) is 13.1 Å². The number of rotatable bonds is 6. The van der Waals surface area contributed by atoms with Crippen molar-refractivity contribution in [2.45, 2.75) is 13.0 Å². The van der Waals surface area contributed by atoms with E-state index in [0.29, 0.717) is 13.1 Å². The van der Waals surface area contributed by atoms with E-state index in [-0.39, 0.29) is 11.9 Å². The molecule has 1 unspecified atom stereocenters. The number of amides is 1. The molecule has 0 saturated heterocycles. The van der Waals surface area contributed by atoms with Crippen LogP contribution in [-0.2, 0) is 4.79 Å². The lowest BCUT2D eigenvalue weighted by atomic mass is 10.00. The maximum absolute atomic E-state index is 11.8. The summed E-state index contributed by atoms with van der Waals surface area (Å²) in [5.74, 6) is -0.00714. The van der Waals surface area contributed by atoms with Crippen LogP contribution in [0.3, 0.4) is 0 Å². The minimum Gasteiger partial charge on any atom is -0.348 e. The van der Waals surface area contributed by atoms with E-state index in [1.54, 1.807) is 6.08 Å². The minimum absolute atomic E-state index is 0.00714. The summed E-state index contributed by atoms with van der Waals surface area (Å²) in [5, 5.41) is 8.38. The average molecular weight is 268 g/mol. The molecule has 1 amide bonds. The van der Waals surface area contributed by atoms with Crippen molar-refractivity contribution in [3.63, 3.8) is 0 Å². The molecule has 3 nitrogen and oxygen atoms in total. The van der Waals surface area contributed by atoms with Crippen LogP contribution in [0.2, 0.25) is 0 Å². The Labute approximate surface area is 119 Å². The van der Waals surface area contributed by atoms with Crippen LogP contribution in [0.5, 0.6) is 0 Å². The van der Waals surface area contributed by atoms with Gasteiger partial charge in [0.25, 0.3) is 0 Å². The molecule has 2 rings (SSSR count). The lowest BCUT2D eigenvalue weighted by Gasteiger charge is -2.16. The van der Waals surface area contributed by atoms with Gasteiger partial charge in [0.2, 0.25) is 5.91 Å². The fraction of sp³-hybridized carbons (Fsp3) is 0.235. The van der Waals surface area contributed by atoms with E-state index in [0.717, 1.165) is 5.56 Å². The number of hydrogen-bond donors (Lipinski definition) is 2. The Balaban J connectivity index is 2.09. The number of hydrogen-bond acceptors (Lipinski definition) is 2. The van der Waals surface area contributed by atoms with E-state index < -0.39 is 0 Å². The van der Waals surface area contributed by atoms with Crippen LogP contribution in [-0.4, -0.2) is 19.0 Å². The third-order valence-electron chi connectivity index (χ3n) is 3.24. The van der Waals surface area contributed by atoms with Gasteiger partial charge in [-0.3, -0.25) is 4.79 Å². The molecule has 0 aliphatic heterocycles. The molecule has 0 saturated carbocycles. The number of carbonyl (C=O) groups is 1. The maximum atomic E-state index is 11.8. The van der Waals surface area contributed by atoms with Crippen molar-refractivity contribution in [1.29, 1.82) is 0 Å². The molecule has 0 fully saturated rings. The first-order valence-corrected chi connectivity index (χ1v) is 6.81. The van der Waals surface area contributed by atoms with Crippen LogP contribution in [0.15, 0.2) is 55.1 Å². The van der Waals surface area contributed by atoms with Gasteiger partial charge in [-0.25, -0.2) is 0 Å². The van der Waals surface area contributed by atoms with Crippen LogP contribution < -0.4 is 10.6 Å². The Bertz CT molecular complexity index is 601. The van der Waals surface area contributed by atoms with Gasteiger partial charge in [0.15, 0.2) is 0 Å². The second kappa shape index (κ2) is 6.87. The molecule has 0 heterocycles. The lowest BCUT2D eigenvalue weighted by molar-refractivity contribution is -0.120. The fourth-order valence-corrected chi connectivity index (χ4v) is 2.29. The Hall–Kier alpha value is -2.13. The van der Waals surface area contributed by atoms with E-state index in [1.165, 1.54) is 10.8 Å². The third-order valence-corrected chi connectivity index (χ3v) is 3.24. The summed E-state index contributed by atoms with van der Waals surface area (Å²) in [6.45, 7) is 6.55. The Kier molecular flexibility index (Phi) is 4.91. The van der Waals surface area contributed by atoms with Gasteiger partial charge in [0.05, 0.1) is 12.6 Å². The van der Waals surface area contributed by atoms with Crippen molar-refractivity contribution in [3.8, 4) is 0 Å². The zero-order chi connectivity index (χ0) is 14.4. The van der Waals surface area contributed by atoms with Crippen molar-refractivity contribution >= 4 is 16.7 Å². The molecule has 2 N–H and O–H groups in total. The molecule has 104 valence electrons. The van der Waals surface area contributed by atoms with Gasteiger partial charge in [-0.05, 0) is 23.3 Å². The predicted molar refractivity (Wildman–Crippen MR) is 83.6 cm³/mol. The topological polar surface area (TPSA) is 41.1 Å². The van der Waals surface area contributed by atoms with E-state index in [4.69, 9.17) is 0 Å². The van der Waals surface area contributed by atoms with Crippen LogP contribution >= 0.6 is 0 Å². The number of carbonyl (C=O) groups excluding carboxylic acids is 1. The molecule has 2 aromatic carbocycles. The average Bonchev–Trinajstić information content (AvgIpc) is 2.47. The second-order valence-electron chi connectivity index (χ2n) is 4.78.